The van der Waals surface area contributed by atoms with Gasteiger partial charge in [0.15, 0.2) is 0 Å². The Labute approximate surface area is 118 Å². The molecular weight excluding hydrogens is 252 g/mol. The predicted molar refractivity (Wildman–Crippen MR) is 77.6 cm³/mol. The van der Waals surface area contributed by atoms with E-state index >= 15 is 0 Å². The van der Waals surface area contributed by atoms with Gasteiger partial charge in [0, 0.05) is 18.9 Å². The topological polar surface area (TPSA) is 51.2 Å². The largest absolute Gasteiger partial charge is 0.493 e. The molecule has 20 heavy (non-hydrogen) atoms. The van der Waals surface area contributed by atoms with Gasteiger partial charge in [-0.05, 0) is 30.2 Å². The lowest BCUT2D eigenvalue weighted by atomic mass is 10.2. The maximum absolute atomic E-state index is 12.2. The molecule has 1 heterocycles. The van der Waals surface area contributed by atoms with Gasteiger partial charge in [-0.1, -0.05) is 25.1 Å². The van der Waals surface area contributed by atoms with Gasteiger partial charge in [-0.3, -0.25) is 9.78 Å². The summed E-state index contributed by atoms with van der Waals surface area (Å²) < 4.78 is 5.59. The van der Waals surface area contributed by atoms with Crippen LogP contribution in [-0.2, 0) is 6.54 Å². The van der Waals surface area contributed by atoms with E-state index in [4.69, 9.17) is 4.74 Å². The summed E-state index contributed by atoms with van der Waals surface area (Å²) in [5, 5.41) is 2.87. The predicted octanol–water partition coefficient (Wildman–Crippen LogP) is 2.80. The van der Waals surface area contributed by atoms with Gasteiger partial charge in [-0.25, -0.2) is 0 Å². The molecule has 104 valence electrons. The molecule has 0 saturated heterocycles. The van der Waals surface area contributed by atoms with Crippen LogP contribution in [0, 0.1) is 0 Å². The second kappa shape index (κ2) is 7.28. The molecule has 0 saturated carbocycles. The van der Waals surface area contributed by atoms with E-state index in [0.29, 0.717) is 24.5 Å². The number of carbonyl (C=O) groups excluding carboxylic acids is 1. The van der Waals surface area contributed by atoms with Crippen molar-refractivity contribution in [3.8, 4) is 5.75 Å². The Hall–Kier alpha value is -2.36. The van der Waals surface area contributed by atoms with Crippen molar-refractivity contribution in [1.82, 2.24) is 10.3 Å². The molecule has 0 fully saturated rings. The van der Waals surface area contributed by atoms with Gasteiger partial charge in [0.1, 0.15) is 5.75 Å². The molecule has 0 spiro atoms. The number of hydrogen-bond acceptors (Lipinski definition) is 3. The highest BCUT2D eigenvalue weighted by atomic mass is 16.5. The van der Waals surface area contributed by atoms with Crippen molar-refractivity contribution in [3.63, 3.8) is 0 Å². The number of nitrogens with one attached hydrogen (secondary N) is 1. The maximum atomic E-state index is 12.2. The van der Waals surface area contributed by atoms with Crippen molar-refractivity contribution in [1.29, 1.82) is 0 Å². The first-order chi connectivity index (χ1) is 9.81. The van der Waals surface area contributed by atoms with E-state index in [1.54, 1.807) is 18.5 Å². The fourth-order valence-corrected chi connectivity index (χ4v) is 1.77. The number of benzene rings is 1. The third-order valence-corrected chi connectivity index (χ3v) is 2.77. The van der Waals surface area contributed by atoms with Crippen LogP contribution in [0.25, 0.3) is 0 Å². The molecule has 1 amide bonds. The minimum absolute atomic E-state index is 0.138. The minimum atomic E-state index is -0.138. The van der Waals surface area contributed by atoms with Crippen LogP contribution in [0.3, 0.4) is 0 Å². The number of amides is 1. The normalized spacial score (nSPS) is 10.1. The lowest BCUT2D eigenvalue weighted by molar-refractivity contribution is 0.0947. The maximum Gasteiger partial charge on any atom is 0.255 e. The summed E-state index contributed by atoms with van der Waals surface area (Å²) in [4.78, 5) is 16.2. The molecule has 1 N–H and O–H groups in total. The zero-order valence-electron chi connectivity index (χ0n) is 11.5. The van der Waals surface area contributed by atoms with Gasteiger partial charge in [0.25, 0.3) is 5.91 Å². The van der Waals surface area contributed by atoms with Crippen LogP contribution in [0.5, 0.6) is 5.75 Å². The lowest BCUT2D eigenvalue weighted by Crippen LogP contribution is -2.23. The number of rotatable bonds is 6. The first kappa shape index (κ1) is 14.1. The Morgan fingerprint density at radius 1 is 1.25 bits per heavy atom. The first-order valence-corrected chi connectivity index (χ1v) is 6.70. The van der Waals surface area contributed by atoms with E-state index in [1.165, 1.54) is 0 Å². The molecule has 4 nitrogen and oxygen atoms in total. The molecule has 0 bridgehead atoms. The Morgan fingerprint density at radius 2 is 2.10 bits per heavy atom. The number of nitrogens with zero attached hydrogens (tertiary/aromatic N) is 1. The van der Waals surface area contributed by atoms with Gasteiger partial charge in [0.05, 0.1) is 12.2 Å². The molecule has 1 aromatic carbocycles. The Balaban J connectivity index is 2.01. The van der Waals surface area contributed by atoms with Crippen LogP contribution in [0.2, 0.25) is 0 Å². The van der Waals surface area contributed by atoms with Crippen LogP contribution >= 0.6 is 0 Å². The van der Waals surface area contributed by atoms with Crippen LogP contribution in [0.4, 0.5) is 0 Å². The van der Waals surface area contributed by atoms with Gasteiger partial charge < -0.3 is 10.1 Å². The van der Waals surface area contributed by atoms with E-state index in [-0.39, 0.29) is 5.91 Å². The zero-order valence-corrected chi connectivity index (χ0v) is 11.5. The van der Waals surface area contributed by atoms with Gasteiger partial charge in [-0.15, -0.1) is 0 Å². The number of para-hydroxylation sites is 1. The Bertz CT molecular complexity index is 555. The van der Waals surface area contributed by atoms with Crippen LogP contribution < -0.4 is 10.1 Å². The van der Waals surface area contributed by atoms with Crippen molar-refractivity contribution in [2.75, 3.05) is 6.61 Å². The van der Waals surface area contributed by atoms with Crippen LogP contribution in [0.15, 0.2) is 48.8 Å². The minimum Gasteiger partial charge on any atom is -0.493 e. The fourth-order valence-electron chi connectivity index (χ4n) is 1.77. The molecule has 0 atom stereocenters. The summed E-state index contributed by atoms with van der Waals surface area (Å²) in [7, 11) is 0. The summed E-state index contributed by atoms with van der Waals surface area (Å²) in [5.74, 6) is 0.485. The summed E-state index contributed by atoms with van der Waals surface area (Å²) in [6, 6.07) is 11.0. The Morgan fingerprint density at radius 3 is 2.85 bits per heavy atom. The smallest absolute Gasteiger partial charge is 0.255 e. The average Bonchev–Trinajstić information content (AvgIpc) is 2.52. The molecule has 0 unspecified atom stereocenters. The van der Waals surface area contributed by atoms with Crippen molar-refractivity contribution in [3.05, 3.63) is 59.9 Å². The van der Waals surface area contributed by atoms with Crippen molar-refractivity contribution < 1.29 is 9.53 Å². The SMILES string of the molecule is CCCOc1ccccc1C(=O)NCc1cccnc1. The second-order valence-corrected chi connectivity index (χ2v) is 4.39. The lowest BCUT2D eigenvalue weighted by Gasteiger charge is -2.11. The molecular formula is C16H18N2O2. The Kier molecular flexibility index (Phi) is 5.12. The van der Waals surface area contributed by atoms with E-state index in [1.807, 2.05) is 37.3 Å². The average molecular weight is 270 g/mol. The molecule has 2 aromatic rings. The second-order valence-electron chi connectivity index (χ2n) is 4.39. The van der Waals surface area contributed by atoms with E-state index in [9.17, 15) is 4.79 Å². The number of carbonyl (C=O) groups is 1. The van der Waals surface area contributed by atoms with E-state index < -0.39 is 0 Å². The number of pyridine rings is 1. The molecule has 0 aliphatic heterocycles. The highest BCUT2D eigenvalue weighted by Crippen LogP contribution is 2.18. The molecule has 0 aliphatic rings. The van der Waals surface area contributed by atoms with E-state index in [0.717, 1.165) is 12.0 Å². The highest BCUT2D eigenvalue weighted by Gasteiger charge is 2.11. The monoisotopic (exact) mass is 270 g/mol. The van der Waals surface area contributed by atoms with Gasteiger partial charge in [-0.2, -0.15) is 0 Å². The molecule has 0 aliphatic carbocycles. The summed E-state index contributed by atoms with van der Waals surface area (Å²) in [6.07, 6.45) is 4.35. The third kappa shape index (κ3) is 3.82. The fraction of sp³-hybridized carbons (Fsp3) is 0.250. The number of ether oxygens (including phenoxy) is 1. The van der Waals surface area contributed by atoms with Crippen molar-refractivity contribution in [2.45, 2.75) is 19.9 Å². The summed E-state index contributed by atoms with van der Waals surface area (Å²) in [5.41, 5.74) is 1.53. The first-order valence-electron chi connectivity index (χ1n) is 6.70. The molecule has 2 rings (SSSR count). The number of hydrogen-bond donors (Lipinski definition) is 1. The number of aromatic nitrogens is 1. The van der Waals surface area contributed by atoms with Gasteiger partial charge in [0.2, 0.25) is 0 Å². The van der Waals surface area contributed by atoms with Crippen LogP contribution in [-0.4, -0.2) is 17.5 Å². The van der Waals surface area contributed by atoms with Crippen molar-refractivity contribution >= 4 is 5.91 Å². The molecule has 0 radical (unpaired) electrons. The van der Waals surface area contributed by atoms with Crippen molar-refractivity contribution in [2.24, 2.45) is 0 Å². The van der Waals surface area contributed by atoms with Crippen LogP contribution in [0.1, 0.15) is 29.3 Å². The van der Waals surface area contributed by atoms with Gasteiger partial charge >= 0.3 is 0 Å². The van der Waals surface area contributed by atoms with E-state index in [2.05, 4.69) is 10.3 Å². The third-order valence-electron chi connectivity index (χ3n) is 2.77. The molecule has 1 aromatic heterocycles. The summed E-state index contributed by atoms with van der Waals surface area (Å²) >= 11 is 0. The summed E-state index contributed by atoms with van der Waals surface area (Å²) in [6.45, 7) is 3.09. The zero-order chi connectivity index (χ0) is 14.2. The standard InChI is InChI=1S/C16H18N2O2/c1-2-10-20-15-8-4-3-7-14(15)16(19)18-12-13-6-5-9-17-11-13/h3-9,11H,2,10,12H2,1H3,(H,18,19). The quantitative estimate of drug-likeness (QED) is 0.878. The highest BCUT2D eigenvalue weighted by molar-refractivity contribution is 5.96. The molecule has 4 heteroatoms.